The van der Waals surface area contributed by atoms with Crippen LogP contribution < -0.4 is 5.73 Å². The molecule has 2 aromatic heterocycles. The molecule has 66 valence electrons. The summed E-state index contributed by atoms with van der Waals surface area (Å²) in [4.78, 5) is 3.99. The van der Waals surface area contributed by atoms with Crippen LogP contribution in [0.15, 0.2) is 47.3 Å². The molecule has 0 aromatic carbocycles. The normalized spacial score (nSPS) is 12.7. The van der Waals surface area contributed by atoms with Crippen LogP contribution in [0.25, 0.3) is 0 Å². The van der Waals surface area contributed by atoms with E-state index in [-0.39, 0.29) is 6.04 Å². The molecule has 0 saturated heterocycles. The van der Waals surface area contributed by atoms with Crippen LogP contribution >= 0.6 is 0 Å². The Balaban J connectivity index is 2.29. The molecule has 0 unspecified atom stereocenters. The van der Waals surface area contributed by atoms with Crippen LogP contribution in [-0.4, -0.2) is 4.98 Å². The van der Waals surface area contributed by atoms with E-state index in [1.807, 2.05) is 24.3 Å². The van der Waals surface area contributed by atoms with Gasteiger partial charge in [-0.3, -0.25) is 4.98 Å². The van der Waals surface area contributed by atoms with E-state index < -0.39 is 0 Å². The standard InChI is InChI=1S/C10H10N2O/c11-10(9-4-2-6-13-9)8-3-1-5-12-7-8/h1-7,10H,11H2/t10-/m1/s1. The van der Waals surface area contributed by atoms with E-state index in [4.69, 9.17) is 10.2 Å². The average Bonchev–Trinajstić information content (AvgIpc) is 2.71. The number of furan rings is 1. The molecule has 0 bridgehead atoms. The zero-order valence-electron chi connectivity index (χ0n) is 7.05. The van der Waals surface area contributed by atoms with Gasteiger partial charge in [0, 0.05) is 12.4 Å². The second kappa shape index (κ2) is 3.41. The number of rotatable bonds is 2. The fourth-order valence-electron chi connectivity index (χ4n) is 1.19. The Hall–Kier alpha value is -1.61. The molecule has 0 fully saturated rings. The van der Waals surface area contributed by atoms with E-state index in [1.165, 1.54) is 0 Å². The zero-order chi connectivity index (χ0) is 9.10. The molecular weight excluding hydrogens is 164 g/mol. The van der Waals surface area contributed by atoms with E-state index >= 15 is 0 Å². The molecule has 2 heterocycles. The molecule has 0 aliphatic rings. The predicted molar refractivity (Wildman–Crippen MR) is 49.0 cm³/mol. The second-order valence-electron chi connectivity index (χ2n) is 2.78. The van der Waals surface area contributed by atoms with Crippen molar-refractivity contribution in [1.29, 1.82) is 0 Å². The number of hydrogen-bond acceptors (Lipinski definition) is 3. The maximum atomic E-state index is 5.93. The van der Waals surface area contributed by atoms with Gasteiger partial charge in [-0.1, -0.05) is 6.07 Å². The largest absolute Gasteiger partial charge is 0.467 e. The molecule has 2 N–H and O–H groups in total. The summed E-state index contributed by atoms with van der Waals surface area (Å²) < 4.78 is 5.20. The highest BCUT2D eigenvalue weighted by molar-refractivity contribution is 5.22. The molecule has 0 radical (unpaired) electrons. The van der Waals surface area contributed by atoms with Gasteiger partial charge in [0.05, 0.1) is 12.3 Å². The first kappa shape index (κ1) is 8.01. The summed E-state index contributed by atoms with van der Waals surface area (Å²) >= 11 is 0. The first-order valence-corrected chi connectivity index (χ1v) is 4.07. The summed E-state index contributed by atoms with van der Waals surface area (Å²) in [5.41, 5.74) is 6.88. The third-order valence-corrected chi connectivity index (χ3v) is 1.89. The van der Waals surface area contributed by atoms with Crippen molar-refractivity contribution in [3.05, 3.63) is 54.2 Å². The molecule has 0 spiro atoms. The van der Waals surface area contributed by atoms with E-state index in [9.17, 15) is 0 Å². The van der Waals surface area contributed by atoms with Gasteiger partial charge in [0.15, 0.2) is 0 Å². The zero-order valence-corrected chi connectivity index (χ0v) is 7.05. The highest BCUT2D eigenvalue weighted by atomic mass is 16.3. The van der Waals surface area contributed by atoms with Crippen LogP contribution in [0.1, 0.15) is 17.4 Å². The van der Waals surface area contributed by atoms with Gasteiger partial charge in [0.2, 0.25) is 0 Å². The van der Waals surface area contributed by atoms with Gasteiger partial charge in [0.25, 0.3) is 0 Å². The van der Waals surface area contributed by atoms with Crippen molar-refractivity contribution in [3.8, 4) is 0 Å². The molecule has 13 heavy (non-hydrogen) atoms. The molecule has 0 saturated carbocycles. The lowest BCUT2D eigenvalue weighted by Gasteiger charge is -2.07. The highest BCUT2D eigenvalue weighted by Crippen LogP contribution is 2.18. The van der Waals surface area contributed by atoms with Gasteiger partial charge in [0.1, 0.15) is 5.76 Å². The fourth-order valence-corrected chi connectivity index (χ4v) is 1.19. The van der Waals surface area contributed by atoms with Crippen LogP contribution in [0.2, 0.25) is 0 Å². The summed E-state index contributed by atoms with van der Waals surface area (Å²) in [6.07, 6.45) is 5.08. The Labute approximate surface area is 76.2 Å². The maximum absolute atomic E-state index is 5.93. The van der Waals surface area contributed by atoms with Crippen LogP contribution in [-0.2, 0) is 0 Å². The Bertz CT molecular complexity index is 356. The van der Waals surface area contributed by atoms with Crippen LogP contribution in [0.4, 0.5) is 0 Å². The summed E-state index contributed by atoms with van der Waals surface area (Å²) in [7, 11) is 0. The third-order valence-electron chi connectivity index (χ3n) is 1.89. The van der Waals surface area contributed by atoms with E-state index in [1.54, 1.807) is 18.7 Å². The second-order valence-corrected chi connectivity index (χ2v) is 2.78. The molecule has 1 atom stereocenters. The maximum Gasteiger partial charge on any atom is 0.125 e. The number of nitrogens with zero attached hydrogens (tertiary/aromatic N) is 1. The predicted octanol–water partition coefficient (Wildman–Crippen LogP) is 1.72. The number of nitrogens with two attached hydrogens (primary N) is 1. The Morgan fingerprint density at radius 3 is 2.85 bits per heavy atom. The lowest BCUT2D eigenvalue weighted by molar-refractivity contribution is 0.489. The van der Waals surface area contributed by atoms with Crippen LogP contribution in [0.5, 0.6) is 0 Å². The van der Waals surface area contributed by atoms with Crippen molar-refractivity contribution in [2.24, 2.45) is 5.73 Å². The Kier molecular flexibility index (Phi) is 2.10. The summed E-state index contributed by atoms with van der Waals surface area (Å²) in [6, 6.07) is 7.25. The number of aromatic nitrogens is 1. The molecular formula is C10H10N2O. The molecule has 3 heteroatoms. The SMILES string of the molecule is N[C@H](c1cccnc1)c1ccco1. The summed E-state index contributed by atoms with van der Waals surface area (Å²) in [5.74, 6) is 0.757. The van der Waals surface area contributed by atoms with E-state index in [0.717, 1.165) is 11.3 Å². The average molecular weight is 174 g/mol. The molecule has 3 nitrogen and oxygen atoms in total. The molecule has 0 aliphatic carbocycles. The Morgan fingerprint density at radius 2 is 2.23 bits per heavy atom. The minimum atomic E-state index is -0.219. The van der Waals surface area contributed by atoms with Gasteiger partial charge in [-0.2, -0.15) is 0 Å². The van der Waals surface area contributed by atoms with Gasteiger partial charge in [-0.25, -0.2) is 0 Å². The van der Waals surface area contributed by atoms with Gasteiger partial charge in [-0.15, -0.1) is 0 Å². The van der Waals surface area contributed by atoms with Gasteiger partial charge in [-0.05, 0) is 23.8 Å². The third kappa shape index (κ3) is 1.60. The quantitative estimate of drug-likeness (QED) is 0.754. The first-order valence-electron chi connectivity index (χ1n) is 4.07. The highest BCUT2D eigenvalue weighted by Gasteiger charge is 2.10. The Morgan fingerprint density at radius 1 is 1.31 bits per heavy atom. The van der Waals surface area contributed by atoms with E-state index in [0.29, 0.717) is 0 Å². The van der Waals surface area contributed by atoms with Crippen molar-refractivity contribution in [3.63, 3.8) is 0 Å². The van der Waals surface area contributed by atoms with Crippen LogP contribution in [0.3, 0.4) is 0 Å². The van der Waals surface area contributed by atoms with E-state index in [2.05, 4.69) is 4.98 Å². The van der Waals surface area contributed by atoms with Crippen LogP contribution in [0, 0.1) is 0 Å². The lowest BCUT2D eigenvalue weighted by atomic mass is 10.1. The van der Waals surface area contributed by atoms with Crippen molar-refractivity contribution in [2.75, 3.05) is 0 Å². The van der Waals surface area contributed by atoms with Crippen molar-refractivity contribution in [2.45, 2.75) is 6.04 Å². The van der Waals surface area contributed by atoms with Crippen molar-refractivity contribution in [1.82, 2.24) is 4.98 Å². The van der Waals surface area contributed by atoms with Crippen molar-refractivity contribution >= 4 is 0 Å². The number of hydrogen-bond donors (Lipinski definition) is 1. The fraction of sp³-hybridized carbons (Fsp3) is 0.100. The topological polar surface area (TPSA) is 52.0 Å². The minimum Gasteiger partial charge on any atom is -0.467 e. The minimum absolute atomic E-state index is 0.219. The summed E-state index contributed by atoms with van der Waals surface area (Å²) in [5, 5.41) is 0. The molecule has 2 aromatic rings. The first-order chi connectivity index (χ1) is 6.38. The van der Waals surface area contributed by atoms with Gasteiger partial charge >= 0.3 is 0 Å². The monoisotopic (exact) mass is 174 g/mol. The van der Waals surface area contributed by atoms with Crippen molar-refractivity contribution < 1.29 is 4.42 Å². The smallest absolute Gasteiger partial charge is 0.125 e. The summed E-state index contributed by atoms with van der Waals surface area (Å²) in [6.45, 7) is 0. The lowest BCUT2D eigenvalue weighted by Crippen LogP contribution is -2.10. The van der Waals surface area contributed by atoms with Gasteiger partial charge < -0.3 is 10.2 Å². The molecule has 2 rings (SSSR count). The molecule has 0 aliphatic heterocycles. The number of pyridine rings is 1. The molecule has 0 amide bonds.